The second-order valence-electron chi connectivity index (χ2n) is 5.86. The van der Waals surface area contributed by atoms with Crippen molar-refractivity contribution in [1.29, 1.82) is 0 Å². The van der Waals surface area contributed by atoms with E-state index in [1.807, 2.05) is 36.4 Å². The van der Waals surface area contributed by atoms with Crippen molar-refractivity contribution in [2.24, 2.45) is 0 Å². The number of hydrogen-bond donors (Lipinski definition) is 1. The van der Waals surface area contributed by atoms with Crippen molar-refractivity contribution >= 4 is 39.1 Å². The van der Waals surface area contributed by atoms with Crippen LogP contribution in [-0.2, 0) is 16.0 Å². The van der Waals surface area contributed by atoms with Gasteiger partial charge in [-0.05, 0) is 64.7 Å². The first-order chi connectivity index (χ1) is 12.1. The number of halogens is 1. The number of benzene rings is 2. The molecule has 130 valence electrons. The quantitative estimate of drug-likeness (QED) is 0.849. The van der Waals surface area contributed by atoms with Gasteiger partial charge in [0.05, 0.1) is 5.56 Å². The van der Waals surface area contributed by atoms with E-state index in [2.05, 4.69) is 21.2 Å². The maximum atomic E-state index is 12.4. The Labute approximate surface area is 155 Å². The Morgan fingerprint density at radius 1 is 1.24 bits per heavy atom. The number of nitrogens with zero attached hydrogens (tertiary/aromatic N) is 1. The summed E-state index contributed by atoms with van der Waals surface area (Å²) in [7, 11) is 1.52. The van der Waals surface area contributed by atoms with Crippen LogP contribution in [0.4, 0.5) is 11.4 Å². The lowest BCUT2D eigenvalue weighted by atomic mass is 10.0. The van der Waals surface area contributed by atoms with Gasteiger partial charge in [0.15, 0.2) is 0 Å². The lowest BCUT2D eigenvalue weighted by Crippen LogP contribution is -2.37. The third-order valence-electron chi connectivity index (χ3n) is 4.14. The molecule has 0 spiro atoms. The maximum absolute atomic E-state index is 12.4. The highest BCUT2D eigenvalue weighted by atomic mass is 79.9. The molecule has 0 aromatic heterocycles. The maximum Gasteiger partial charge on any atom is 0.256 e. The molecule has 0 radical (unpaired) electrons. The van der Waals surface area contributed by atoms with Crippen LogP contribution in [0.15, 0.2) is 46.9 Å². The van der Waals surface area contributed by atoms with Gasteiger partial charge in [0.25, 0.3) is 11.8 Å². The van der Waals surface area contributed by atoms with Crippen LogP contribution in [0.25, 0.3) is 0 Å². The van der Waals surface area contributed by atoms with E-state index < -0.39 is 0 Å². The van der Waals surface area contributed by atoms with Gasteiger partial charge in [0.1, 0.15) is 6.61 Å². The molecular formula is C19H19BrN2O3. The van der Waals surface area contributed by atoms with Crippen molar-refractivity contribution in [2.75, 3.05) is 30.5 Å². The Balaban J connectivity index is 1.80. The van der Waals surface area contributed by atoms with E-state index >= 15 is 0 Å². The summed E-state index contributed by atoms with van der Waals surface area (Å²) in [4.78, 5) is 26.4. The third-order valence-corrected chi connectivity index (χ3v) is 4.83. The van der Waals surface area contributed by atoms with Crippen molar-refractivity contribution in [2.45, 2.75) is 12.8 Å². The number of nitrogens with one attached hydrogen (secondary N) is 1. The zero-order valence-corrected chi connectivity index (χ0v) is 15.5. The van der Waals surface area contributed by atoms with Gasteiger partial charge in [-0.1, -0.05) is 12.1 Å². The Kier molecular flexibility index (Phi) is 5.50. The van der Waals surface area contributed by atoms with Gasteiger partial charge < -0.3 is 15.0 Å². The molecule has 1 heterocycles. The number of methoxy groups -OCH3 is 1. The minimum Gasteiger partial charge on any atom is -0.375 e. The van der Waals surface area contributed by atoms with Gasteiger partial charge in [-0.15, -0.1) is 0 Å². The Hall–Kier alpha value is -2.18. The average Bonchev–Trinajstić information content (AvgIpc) is 2.61. The number of amides is 2. The van der Waals surface area contributed by atoms with Gasteiger partial charge in [0.2, 0.25) is 0 Å². The van der Waals surface area contributed by atoms with Crippen LogP contribution in [0.2, 0.25) is 0 Å². The summed E-state index contributed by atoms with van der Waals surface area (Å²) in [5, 5.41) is 2.92. The van der Waals surface area contributed by atoms with Crippen molar-refractivity contribution in [3.63, 3.8) is 0 Å². The fourth-order valence-electron chi connectivity index (χ4n) is 2.98. The van der Waals surface area contributed by atoms with Gasteiger partial charge >= 0.3 is 0 Å². The first kappa shape index (κ1) is 17.6. The topological polar surface area (TPSA) is 58.6 Å². The summed E-state index contributed by atoms with van der Waals surface area (Å²) >= 11 is 3.39. The molecule has 6 heteroatoms. The van der Waals surface area contributed by atoms with Crippen LogP contribution in [-0.4, -0.2) is 32.1 Å². The van der Waals surface area contributed by atoms with Crippen LogP contribution in [0.5, 0.6) is 0 Å². The molecule has 1 N–H and O–H groups in total. The summed E-state index contributed by atoms with van der Waals surface area (Å²) in [6.07, 6.45) is 1.77. The number of fused-ring (bicyclic) bond motifs is 1. The molecule has 2 amide bonds. The second-order valence-corrected chi connectivity index (χ2v) is 6.71. The largest absolute Gasteiger partial charge is 0.375 e. The fourth-order valence-corrected chi connectivity index (χ4v) is 3.44. The lowest BCUT2D eigenvalue weighted by Gasteiger charge is -2.29. The molecule has 3 rings (SSSR count). The number of rotatable bonds is 4. The number of aryl methyl sites for hydroxylation is 1. The van der Waals surface area contributed by atoms with Gasteiger partial charge in [0, 0.05) is 29.5 Å². The predicted octanol–water partition coefficient (Wildman–Crippen LogP) is 3.63. The number of carbonyl (C=O) groups is 2. The molecule has 0 aliphatic carbocycles. The fraction of sp³-hybridized carbons (Fsp3) is 0.263. The first-order valence-corrected chi connectivity index (χ1v) is 8.87. The Bertz CT molecular complexity index is 807. The summed E-state index contributed by atoms with van der Waals surface area (Å²) in [6.45, 7) is 0.762. The molecule has 0 saturated heterocycles. The van der Waals surface area contributed by atoms with Crippen molar-refractivity contribution in [1.82, 2.24) is 0 Å². The number of carbonyl (C=O) groups excluding carboxylic acids is 2. The van der Waals surface area contributed by atoms with Crippen LogP contribution >= 0.6 is 15.9 Å². The van der Waals surface area contributed by atoms with Crippen LogP contribution in [0, 0.1) is 0 Å². The third kappa shape index (κ3) is 3.91. The van der Waals surface area contributed by atoms with E-state index in [4.69, 9.17) is 4.74 Å². The summed E-state index contributed by atoms with van der Waals surface area (Å²) in [6, 6.07) is 12.9. The highest BCUT2D eigenvalue weighted by Gasteiger charge is 2.22. The summed E-state index contributed by atoms with van der Waals surface area (Å²) in [5.74, 6) is -0.219. The van der Waals surface area contributed by atoms with Crippen LogP contribution in [0.3, 0.4) is 0 Å². The highest BCUT2D eigenvalue weighted by molar-refractivity contribution is 9.10. The number of anilines is 2. The summed E-state index contributed by atoms with van der Waals surface area (Å²) in [5.41, 5.74) is 3.26. The number of ether oxygens (including phenoxy) is 1. The summed E-state index contributed by atoms with van der Waals surface area (Å²) < 4.78 is 5.71. The first-order valence-electron chi connectivity index (χ1n) is 8.08. The van der Waals surface area contributed by atoms with Crippen LogP contribution in [0.1, 0.15) is 22.3 Å². The van der Waals surface area contributed by atoms with E-state index in [9.17, 15) is 9.59 Å². The van der Waals surface area contributed by atoms with E-state index in [1.165, 1.54) is 7.11 Å². The molecule has 1 aliphatic heterocycles. The normalized spacial score (nSPS) is 13.3. The smallest absolute Gasteiger partial charge is 0.256 e. The Morgan fingerprint density at radius 2 is 2.04 bits per heavy atom. The molecule has 1 aliphatic rings. The zero-order chi connectivity index (χ0) is 17.8. The minimum absolute atomic E-state index is 0.0477. The molecular weight excluding hydrogens is 384 g/mol. The van der Waals surface area contributed by atoms with Gasteiger partial charge in [-0.25, -0.2) is 0 Å². The van der Waals surface area contributed by atoms with Crippen molar-refractivity contribution in [3.8, 4) is 0 Å². The van der Waals surface area contributed by atoms with Gasteiger partial charge in [-0.3, -0.25) is 9.59 Å². The lowest BCUT2D eigenvalue weighted by molar-refractivity contribution is -0.122. The molecule has 0 fully saturated rings. The molecule has 0 atom stereocenters. The second kappa shape index (κ2) is 7.80. The van der Waals surface area contributed by atoms with Crippen LogP contribution < -0.4 is 10.2 Å². The molecule has 2 aromatic carbocycles. The Morgan fingerprint density at radius 3 is 2.80 bits per heavy atom. The van der Waals surface area contributed by atoms with Gasteiger partial charge in [-0.2, -0.15) is 0 Å². The molecule has 0 saturated carbocycles. The standard InChI is InChI=1S/C19H19BrN2O3/c1-25-12-18(23)22-10-4-5-13-11-14(8-9-17(13)22)21-19(24)15-6-2-3-7-16(15)20/h2-3,6-9,11H,4-5,10,12H2,1H3,(H,21,24). The average molecular weight is 403 g/mol. The van der Waals surface area contributed by atoms with Crippen molar-refractivity contribution in [3.05, 3.63) is 58.1 Å². The van der Waals surface area contributed by atoms with E-state index in [0.717, 1.165) is 34.3 Å². The van der Waals surface area contributed by atoms with E-state index in [1.54, 1.807) is 11.0 Å². The minimum atomic E-state index is -0.171. The molecule has 25 heavy (non-hydrogen) atoms. The van der Waals surface area contributed by atoms with E-state index in [-0.39, 0.29) is 18.4 Å². The molecule has 0 unspecified atom stereocenters. The zero-order valence-electron chi connectivity index (χ0n) is 13.9. The van der Waals surface area contributed by atoms with E-state index in [0.29, 0.717) is 12.1 Å². The number of hydrogen-bond acceptors (Lipinski definition) is 3. The monoisotopic (exact) mass is 402 g/mol. The van der Waals surface area contributed by atoms with Crippen molar-refractivity contribution < 1.29 is 14.3 Å². The predicted molar refractivity (Wildman–Crippen MR) is 101 cm³/mol. The molecule has 5 nitrogen and oxygen atoms in total. The molecule has 2 aromatic rings. The molecule has 0 bridgehead atoms. The highest BCUT2D eigenvalue weighted by Crippen LogP contribution is 2.30. The SMILES string of the molecule is COCC(=O)N1CCCc2cc(NC(=O)c3ccccc3Br)ccc21.